The highest BCUT2D eigenvalue weighted by molar-refractivity contribution is 5.99. The number of benzene rings is 1. The fourth-order valence-corrected chi connectivity index (χ4v) is 9.45. The number of carbonyl (C=O) groups excluding carboxylic acids is 9. The molecule has 80 heavy (non-hydrogen) atoms. The zero-order valence-corrected chi connectivity index (χ0v) is 48.2. The summed E-state index contributed by atoms with van der Waals surface area (Å²) in [4.78, 5) is 130. The van der Waals surface area contributed by atoms with Crippen molar-refractivity contribution < 1.29 is 77.4 Å². The van der Waals surface area contributed by atoms with Gasteiger partial charge in [0.15, 0.2) is 6.04 Å². The molecule has 23 nitrogen and oxygen atoms in total. The van der Waals surface area contributed by atoms with Gasteiger partial charge in [0.05, 0.1) is 30.5 Å². The van der Waals surface area contributed by atoms with Gasteiger partial charge in [0.1, 0.15) is 61.2 Å². The molecule has 14 atom stereocenters. The van der Waals surface area contributed by atoms with Crippen molar-refractivity contribution >= 4 is 53.3 Å². The van der Waals surface area contributed by atoms with Gasteiger partial charge < -0.3 is 71.1 Å². The Balaban J connectivity index is 2.01. The summed E-state index contributed by atoms with van der Waals surface area (Å²) in [7, 11) is 1.34. The van der Waals surface area contributed by atoms with E-state index in [2.05, 4.69) is 31.9 Å². The lowest BCUT2D eigenvalue weighted by Crippen LogP contribution is -2.62. The monoisotopic (exact) mass is 1130 g/mol. The van der Waals surface area contributed by atoms with E-state index in [1.165, 1.54) is 27.8 Å². The van der Waals surface area contributed by atoms with Crippen LogP contribution in [0.3, 0.4) is 0 Å². The van der Waals surface area contributed by atoms with Gasteiger partial charge in [0.2, 0.25) is 41.4 Å². The van der Waals surface area contributed by atoms with Crippen LogP contribution in [0.1, 0.15) is 120 Å². The normalized spacial score (nSPS) is 29.2. The average molecular weight is 1130 g/mol. The smallest absolute Gasteiger partial charge is 0.332 e. The number of ether oxygens (including phenoxy) is 4. The van der Waals surface area contributed by atoms with Gasteiger partial charge >= 0.3 is 11.9 Å². The molecule has 1 aromatic carbocycles. The summed E-state index contributed by atoms with van der Waals surface area (Å²) >= 11 is 0. The zero-order chi connectivity index (χ0) is 59.6. The highest BCUT2D eigenvalue weighted by atomic mass is 16.6. The second kappa shape index (κ2) is 31.0. The third kappa shape index (κ3) is 18.3. The summed E-state index contributed by atoms with van der Waals surface area (Å²) in [6, 6.07) is -1.39. The number of esters is 2. The predicted molar refractivity (Wildman–Crippen MR) is 292 cm³/mol. The van der Waals surface area contributed by atoms with Crippen molar-refractivity contribution in [3.8, 4) is 0 Å². The van der Waals surface area contributed by atoms with Crippen molar-refractivity contribution in [2.75, 3.05) is 33.4 Å². The van der Waals surface area contributed by atoms with Gasteiger partial charge in [-0.15, -0.1) is 0 Å². The number of aliphatic hydroxyl groups is 3. The number of rotatable bonds is 14. The van der Waals surface area contributed by atoms with E-state index >= 15 is 4.79 Å². The Bertz CT molecular complexity index is 2380. The molecule has 7 amide bonds. The quantitative estimate of drug-likeness (QED) is 0.0932. The standard InChI is InChI=1S/C57H87N7O16/c1-12-14-26-77-30-57(76)33(6)20-25-43(66)58-28-44(67)78-29-41-56(75)79-36(9)47(62-50(69)34(7)49(68)31(3)4)54(73)60-45(32(5)13-2)52(71)63-48(39-21-23-40(24-22-39)80-37(57)10)55(74)64(11)42(27-38-18-16-15-17-19-38)51(70)61-46(35(8)65)53(72)59-41/h15-19,21,23,31-37,41-42,45-49,65,68,76H,12-14,20,22,24-30H2,1-11H3,(H,58,66)(H,59,72)(H,60,73)(H,61,70)(H,62,69)(H,63,71)/t32-,33?,34+,35+,36+,37+,41-,42-,45+,46+,47-,48-,49+,57+/m0/s1. The Hall–Kier alpha value is -6.43. The number of fused-ring (bicyclic) bond motifs is 13. The van der Waals surface area contributed by atoms with Crippen LogP contribution < -0.4 is 31.9 Å². The number of hydrogen-bond donors (Lipinski definition) is 9. The molecule has 5 rings (SSSR count). The van der Waals surface area contributed by atoms with E-state index in [1.807, 2.05) is 6.92 Å². The zero-order valence-electron chi connectivity index (χ0n) is 48.2. The maximum absolute atomic E-state index is 15.4. The minimum Gasteiger partial charge on any atom is -0.492 e. The second-order valence-corrected chi connectivity index (χ2v) is 21.8. The molecule has 2 fully saturated rings. The van der Waals surface area contributed by atoms with Gasteiger partial charge in [-0.05, 0) is 75.0 Å². The van der Waals surface area contributed by atoms with Crippen molar-refractivity contribution in [1.82, 2.24) is 36.8 Å². The minimum atomic E-state index is -1.95. The number of cyclic esters (lactones) is 1. The number of unbranched alkanes of at least 4 members (excludes halogenated alkanes) is 1. The van der Waals surface area contributed by atoms with Crippen LogP contribution in [0.4, 0.5) is 0 Å². The molecule has 1 aliphatic carbocycles. The van der Waals surface area contributed by atoms with E-state index in [0.717, 1.165) is 17.7 Å². The number of likely N-dealkylation sites (N-methyl/N-ethyl adjacent to an activating group) is 1. The number of nitrogens with one attached hydrogen (secondary N) is 6. The van der Waals surface area contributed by atoms with Crippen LogP contribution in [0.5, 0.6) is 0 Å². The van der Waals surface area contributed by atoms with Gasteiger partial charge in [-0.2, -0.15) is 0 Å². The molecule has 0 radical (unpaired) electrons. The van der Waals surface area contributed by atoms with E-state index in [9.17, 15) is 53.7 Å². The Morgan fingerprint density at radius 1 is 0.838 bits per heavy atom. The molecule has 23 heteroatoms. The van der Waals surface area contributed by atoms with Crippen LogP contribution in [0.15, 0.2) is 53.8 Å². The highest BCUT2D eigenvalue weighted by Crippen LogP contribution is 2.33. The van der Waals surface area contributed by atoms with E-state index in [-0.39, 0.29) is 38.7 Å². The summed E-state index contributed by atoms with van der Waals surface area (Å²) in [6.07, 6.45) is -0.355. The summed E-state index contributed by atoms with van der Waals surface area (Å²) in [5.74, 6) is -11.0. The summed E-state index contributed by atoms with van der Waals surface area (Å²) < 4.78 is 23.6. The minimum absolute atomic E-state index is 0.0887. The first-order valence-electron chi connectivity index (χ1n) is 27.9. The van der Waals surface area contributed by atoms with Gasteiger partial charge in [-0.1, -0.05) is 97.7 Å². The van der Waals surface area contributed by atoms with Crippen LogP contribution in [0.2, 0.25) is 0 Å². The molecule has 3 heterocycles. The lowest BCUT2D eigenvalue weighted by Gasteiger charge is -2.39. The van der Waals surface area contributed by atoms with Crippen molar-refractivity contribution in [2.24, 2.45) is 23.7 Å². The molecule has 3 aliphatic heterocycles. The first-order chi connectivity index (χ1) is 37.7. The van der Waals surface area contributed by atoms with Crippen molar-refractivity contribution in [3.63, 3.8) is 0 Å². The second-order valence-electron chi connectivity index (χ2n) is 21.8. The van der Waals surface area contributed by atoms with Crippen LogP contribution in [0.25, 0.3) is 0 Å². The van der Waals surface area contributed by atoms with E-state index in [1.54, 1.807) is 84.0 Å². The Morgan fingerprint density at radius 2 is 1.50 bits per heavy atom. The number of allylic oxidation sites excluding steroid dienone is 3. The molecule has 1 unspecified atom stereocenters. The summed E-state index contributed by atoms with van der Waals surface area (Å²) in [5.41, 5.74) is -0.724. The van der Waals surface area contributed by atoms with Crippen LogP contribution >= 0.6 is 0 Å². The van der Waals surface area contributed by atoms with E-state index in [4.69, 9.17) is 18.9 Å². The lowest BCUT2D eigenvalue weighted by atomic mass is 9.81. The topological polar surface area (TPSA) is 327 Å². The third-order valence-corrected chi connectivity index (χ3v) is 15.4. The van der Waals surface area contributed by atoms with E-state index < -0.39 is 156 Å². The number of carbonyl (C=O) groups is 9. The number of amides is 7. The fraction of sp³-hybridized carbons (Fsp3) is 0.667. The average Bonchev–Trinajstić information content (AvgIpc) is 3.43. The number of aliphatic hydroxyl groups excluding tert-OH is 2. The molecular formula is C57H87N7O16. The Kier molecular flexibility index (Phi) is 25.6. The van der Waals surface area contributed by atoms with Gasteiger partial charge in [0, 0.05) is 32.9 Å². The van der Waals surface area contributed by atoms with Crippen molar-refractivity contribution in [2.45, 2.75) is 187 Å². The van der Waals surface area contributed by atoms with Gasteiger partial charge in [-0.3, -0.25) is 38.4 Å². The SMILES string of the molecule is CCCCOC[C@@]1(O)C(C)CCC(=O)NCC(=O)OC[C@@H]2NC(=O)[C@@H]([C@@H](C)O)NC(=O)[C@H](Cc3ccccc3)N(C)C(=O)[C@@H](NC(=O)[C@@H]([C@@H](C)CC)NC(=O)[C@@H](NC(=O)[C@H](C)[C@H](O)C(C)C)[C@@H](C)OC2=O)C2=CC=C(CC2)O[C@@H]1C. The maximum Gasteiger partial charge on any atom is 0.332 e. The van der Waals surface area contributed by atoms with Crippen LogP contribution in [-0.4, -0.2) is 173 Å². The molecule has 0 saturated carbocycles. The lowest BCUT2D eigenvalue weighted by molar-refractivity contribution is -0.160. The fourth-order valence-electron chi connectivity index (χ4n) is 9.45. The summed E-state index contributed by atoms with van der Waals surface area (Å²) in [6.45, 7) is 14.6. The van der Waals surface area contributed by atoms with Gasteiger partial charge in [0.25, 0.3) is 0 Å². The van der Waals surface area contributed by atoms with Crippen molar-refractivity contribution in [1.29, 1.82) is 0 Å². The molecule has 0 aromatic heterocycles. The Labute approximate surface area is 469 Å². The van der Waals surface area contributed by atoms with Crippen molar-refractivity contribution in [3.05, 3.63) is 59.4 Å². The van der Waals surface area contributed by atoms with Crippen LogP contribution in [-0.2, 0) is 68.5 Å². The molecular weight excluding hydrogens is 1040 g/mol. The Morgan fingerprint density at radius 3 is 2.11 bits per heavy atom. The highest BCUT2D eigenvalue weighted by Gasteiger charge is 2.44. The summed E-state index contributed by atoms with van der Waals surface area (Å²) in [5, 5.41) is 49.8. The molecule has 0 spiro atoms. The molecule has 4 aliphatic rings. The molecule has 4 bridgehead atoms. The third-order valence-electron chi connectivity index (χ3n) is 15.4. The molecule has 2 saturated heterocycles. The van der Waals surface area contributed by atoms with Gasteiger partial charge in [-0.25, -0.2) is 4.79 Å². The first kappa shape index (κ1) is 66.1. The maximum atomic E-state index is 15.4. The first-order valence-corrected chi connectivity index (χ1v) is 27.9. The van der Waals surface area contributed by atoms with E-state index in [0.29, 0.717) is 29.9 Å². The number of nitrogens with zero attached hydrogens (tertiary/aromatic N) is 1. The largest absolute Gasteiger partial charge is 0.492 e. The predicted octanol–water partition coefficient (Wildman–Crippen LogP) is 1.15. The molecule has 9 N–H and O–H groups in total. The molecule has 446 valence electrons. The number of hydrogen-bond acceptors (Lipinski definition) is 16. The molecule has 1 aromatic rings. The van der Waals surface area contributed by atoms with Crippen LogP contribution in [0, 0.1) is 23.7 Å².